The molecule has 2 aliphatic rings. The number of halogens is 2. The fourth-order valence-electron chi connectivity index (χ4n) is 2.46. The Kier molecular flexibility index (Phi) is 2.89. The highest BCUT2D eigenvalue weighted by molar-refractivity contribution is 7.99. The summed E-state index contributed by atoms with van der Waals surface area (Å²) in [6, 6.07) is 2.12. The Morgan fingerprint density at radius 3 is 3.06 bits per heavy atom. The lowest BCUT2D eigenvalue weighted by Crippen LogP contribution is -2.42. The van der Waals surface area contributed by atoms with E-state index in [1.165, 1.54) is 6.07 Å². The molecule has 1 amide bonds. The third kappa shape index (κ3) is 1.94. The van der Waals surface area contributed by atoms with Crippen molar-refractivity contribution in [2.45, 2.75) is 12.5 Å². The summed E-state index contributed by atoms with van der Waals surface area (Å²) in [7, 11) is 0. The molecule has 1 aromatic rings. The normalized spacial score (nSPS) is 22.9. The Morgan fingerprint density at radius 1 is 1.39 bits per heavy atom. The number of carbonyl (C=O) groups is 1. The number of amides is 1. The fraction of sp³-hybridized carbons (Fsp3) is 0.417. The quantitative estimate of drug-likeness (QED) is 0.784. The van der Waals surface area contributed by atoms with Crippen molar-refractivity contribution in [3.63, 3.8) is 0 Å². The molecular weight excluding hydrogens is 258 g/mol. The van der Waals surface area contributed by atoms with Gasteiger partial charge in [0.1, 0.15) is 11.5 Å². The summed E-state index contributed by atoms with van der Waals surface area (Å²) in [5.74, 6) is 0.182. The van der Waals surface area contributed by atoms with E-state index in [1.54, 1.807) is 11.8 Å². The van der Waals surface area contributed by atoms with Crippen LogP contribution in [0.2, 0.25) is 0 Å². The molecular formula is C12H12F2N2OS. The number of hydrogen-bond acceptors (Lipinski definition) is 3. The summed E-state index contributed by atoms with van der Waals surface area (Å²) in [6.07, 6.45) is 0.322. The fourth-order valence-corrected chi connectivity index (χ4v) is 3.52. The van der Waals surface area contributed by atoms with Crippen LogP contribution in [-0.2, 0) is 4.79 Å². The van der Waals surface area contributed by atoms with E-state index in [4.69, 9.17) is 0 Å². The first-order chi connectivity index (χ1) is 8.65. The van der Waals surface area contributed by atoms with Crippen LogP contribution in [0.25, 0.3) is 0 Å². The van der Waals surface area contributed by atoms with E-state index < -0.39 is 11.6 Å². The van der Waals surface area contributed by atoms with Gasteiger partial charge >= 0.3 is 0 Å². The predicted octanol–water partition coefficient (Wildman–Crippen LogP) is 2.23. The van der Waals surface area contributed by atoms with Gasteiger partial charge in [0.2, 0.25) is 5.91 Å². The van der Waals surface area contributed by atoms with Gasteiger partial charge in [0, 0.05) is 36.6 Å². The summed E-state index contributed by atoms with van der Waals surface area (Å²) in [4.78, 5) is 13.7. The zero-order valence-electron chi connectivity index (χ0n) is 9.58. The molecule has 0 bridgehead atoms. The molecule has 3 nitrogen and oxygen atoms in total. The summed E-state index contributed by atoms with van der Waals surface area (Å²) < 4.78 is 27.1. The standard InChI is InChI=1S/C12H12F2N2OS/c13-7-3-9(14)12-10(4-7)16-1-2-18-6-8(16)5-11(17)15-12/h3-4,8H,1-2,5-6H2,(H,15,17). The van der Waals surface area contributed by atoms with Crippen LogP contribution >= 0.6 is 11.8 Å². The summed E-state index contributed by atoms with van der Waals surface area (Å²) in [5, 5.41) is 2.54. The highest BCUT2D eigenvalue weighted by Crippen LogP contribution is 2.36. The highest BCUT2D eigenvalue weighted by Gasteiger charge is 2.32. The van der Waals surface area contributed by atoms with Crippen molar-refractivity contribution < 1.29 is 13.6 Å². The van der Waals surface area contributed by atoms with Crippen LogP contribution in [0.3, 0.4) is 0 Å². The van der Waals surface area contributed by atoms with Gasteiger partial charge in [0.05, 0.1) is 5.69 Å². The van der Waals surface area contributed by atoms with Gasteiger partial charge < -0.3 is 10.2 Å². The zero-order valence-corrected chi connectivity index (χ0v) is 10.4. The lowest BCUT2D eigenvalue weighted by Gasteiger charge is -2.35. The molecule has 96 valence electrons. The van der Waals surface area contributed by atoms with Gasteiger partial charge in [-0.05, 0) is 6.07 Å². The van der Waals surface area contributed by atoms with E-state index in [0.29, 0.717) is 18.7 Å². The molecule has 2 aliphatic heterocycles. The average Bonchev–Trinajstić information content (AvgIpc) is 2.46. The van der Waals surface area contributed by atoms with Gasteiger partial charge in [-0.1, -0.05) is 0 Å². The van der Waals surface area contributed by atoms with E-state index in [9.17, 15) is 13.6 Å². The number of nitrogens with zero attached hydrogens (tertiary/aromatic N) is 1. The van der Waals surface area contributed by atoms with E-state index in [1.807, 2.05) is 4.90 Å². The SMILES string of the molecule is O=C1CC2CSCCN2c2cc(F)cc(F)c2N1. The average molecular weight is 270 g/mol. The molecule has 0 spiro atoms. The van der Waals surface area contributed by atoms with E-state index in [0.717, 1.165) is 17.6 Å². The van der Waals surface area contributed by atoms with Crippen LogP contribution in [-0.4, -0.2) is 30.0 Å². The second kappa shape index (κ2) is 4.42. The summed E-state index contributed by atoms with van der Waals surface area (Å²) >= 11 is 1.77. The molecule has 0 radical (unpaired) electrons. The molecule has 2 heterocycles. The van der Waals surface area contributed by atoms with Crippen molar-refractivity contribution in [1.29, 1.82) is 0 Å². The van der Waals surface area contributed by atoms with Gasteiger partial charge in [-0.15, -0.1) is 0 Å². The number of benzene rings is 1. The third-order valence-electron chi connectivity index (χ3n) is 3.26. The maximum Gasteiger partial charge on any atom is 0.226 e. The van der Waals surface area contributed by atoms with E-state index >= 15 is 0 Å². The second-order valence-corrected chi connectivity index (χ2v) is 5.61. The third-order valence-corrected chi connectivity index (χ3v) is 4.35. The largest absolute Gasteiger partial charge is 0.365 e. The minimum Gasteiger partial charge on any atom is -0.365 e. The van der Waals surface area contributed by atoms with Gasteiger partial charge in [-0.25, -0.2) is 8.78 Å². The first-order valence-corrected chi connectivity index (χ1v) is 6.94. The number of nitrogens with one attached hydrogen (secondary N) is 1. The smallest absolute Gasteiger partial charge is 0.226 e. The summed E-state index contributed by atoms with van der Waals surface area (Å²) in [6.45, 7) is 0.709. The van der Waals surface area contributed by atoms with Gasteiger partial charge in [-0.2, -0.15) is 11.8 Å². The highest BCUT2D eigenvalue weighted by atomic mass is 32.2. The second-order valence-electron chi connectivity index (χ2n) is 4.46. The van der Waals surface area contributed by atoms with Crippen LogP contribution in [0.5, 0.6) is 0 Å². The number of carbonyl (C=O) groups excluding carboxylic acids is 1. The maximum absolute atomic E-state index is 13.8. The molecule has 0 saturated carbocycles. The Bertz CT molecular complexity index is 509. The molecule has 1 unspecified atom stereocenters. The van der Waals surface area contributed by atoms with E-state index in [-0.39, 0.29) is 17.6 Å². The van der Waals surface area contributed by atoms with Crippen molar-refractivity contribution in [2.75, 3.05) is 28.3 Å². The molecule has 3 rings (SSSR count). The van der Waals surface area contributed by atoms with Gasteiger partial charge in [0.15, 0.2) is 5.82 Å². The summed E-state index contributed by atoms with van der Waals surface area (Å²) in [5.41, 5.74) is 0.569. The van der Waals surface area contributed by atoms with Crippen LogP contribution in [0.4, 0.5) is 20.2 Å². The minimum absolute atomic E-state index is 0.0196. The lowest BCUT2D eigenvalue weighted by molar-refractivity contribution is -0.116. The van der Waals surface area contributed by atoms with Gasteiger partial charge in [-0.3, -0.25) is 4.79 Å². The Labute approximate surface area is 108 Å². The van der Waals surface area contributed by atoms with Crippen LogP contribution in [0.15, 0.2) is 12.1 Å². The van der Waals surface area contributed by atoms with Gasteiger partial charge in [0.25, 0.3) is 0 Å². The number of rotatable bonds is 0. The molecule has 1 fully saturated rings. The first-order valence-electron chi connectivity index (χ1n) is 5.78. The molecule has 18 heavy (non-hydrogen) atoms. The topological polar surface area (TPSA) is 32.3 Å². The van der Waals surface area contributed by atoms with Crippen LogP contribution < -0.4 is 10.2 Å². The molecule has 1 atom stereocenters. The van der Waals surface area contributed by atoms with E-state index in [2.05, 4.69) is 5.32 Å². The number of fused-ring (bicyclic) bond motifs is 3. The Hall–Kier alpha value is -1.30. The molecule has 1 N–H and O–H groups in total. The van der Waals surface area contributed by atoms with Crippen molar-refractivity contribution in [3.8, 4) is 0 Å². The van der Waals surface area contributed by atoms with Crippen LogP contribution in [0.1, 0.15) is 6.42 Å². The maximum atomic E-state index is 13.8. The number of hydrogen-bond donors (Lipinski definition) is 1. The zero-order chi connectivity index (χ0) is 12.7. The molecule has 6 heteroatoms. The first kappa shape index (κ1) is 11.8. The molecule has 0 aromatic heterocycles. The molecule has 1 saturated heterocycles. The van der Waals surface area contributed by atoms with Crippen molar-refractivity contribution in [2.24, 2.45) is 0 Å². The molecule has 1 aromatic carbocycles. The Morgan fingerprint density at radius 2 is 2.22 bits per heavy atom. The van der Waals surface area contributed by atoms with Crippen LogP contribution in [0, 0.1) is 11.6 Å². The lowest BCUT2D eigenvalue weighted by atomic mass is 10.1. The van der Waals surface area contributed by atoms with Crippen molar-refractivity contribution >= 4 is 29.0 Å². The molecule has 0 aliphatic carbocycles. The van der Waals surface area contributed by atoms with Crippen molar-refractivity contribution in [1.82, 2.24) is 0 Å². The monoisotopic (exact) mass is 270 g/mol. The minimum atomic E-state index is -0.711. The number of thioether (sulfide) groups is 1. The Balaban J connectivity index is 2.12. The van der Waals surface area contributed by atoms with Crippen molar-refractivity contribution in [3.05, 3.63) is 23.8 Å². The predicted molar refractivity (Wildman–Crippen MR) is 68.1 cm³/mol. The number of anilines is 2.